The summed E-state index contributed by atoms with van der Waals surface area (Å²) in [5.74, 6) is -0.557. The van der Waals surface area contributed by atoms with Gasteiger partial charge in [0.25, 0.3) is 11.4 Å². The summed E-state index contributed by atoms with van der Waals surface area (Å²) in [6, 6.07) is 5.57. The molecule has 0 aliphatic carbocycles. The predicted octanol–water partition coefficient (Wildman–Crippen LogP) is 4.53. The van der Waals surface area contributed by atoms with Crippen molar-refractivity contribution >= 4 is 23.6 Å². The molecule has 0 saturated carbocycles. The highest BCUT2D eigenvalue weighted by molar-refractivity contribution is 6.09. The van der Waals surface area contributed by atoms with Crippen LogP contribution in [0.3, 0.4) is 0 Å². The van der Waals surface area contributed by atoms with Crippen LogP contribution in [0, 0.1) is 5.82 Å². The second-order valence-corrected chi connectivity index (χ2v) is 9.92. The second-order valence-electron chi connectivity index (χ2n) is 9.76. The lowest BCUT2D eigenvalue weighted by atomic mass is 9.93. The van der Waals surface area contributed by atoms with Gasteiger partial charge in [-0.15, -0.1) is 0 Å². The number of rotatable bonds is 4. The first kappa shape index (κ1) is 24.8. The number of amides is 1. The minimum absolute atomic E-state index is 0.000115. The molecule has 1 aliphatic rings. The van der Waals surface area contributed by atoms with Crippen LogP contribution in [-0.4, -0.2) is 54.4 Å². The number of nitrogens with one attached hydrogen (secondary N) is 1. The molecule has 1 aliphatic heterocycles. The fourth-order valence-corrected chi connectivity index (χ4v) is 4.42. The number of fused-ring (bicyclic) bond motifs is 1. The van der Waals surface area contributed by atoms with Crippen LogP contribution >= 0.6 is 11.9 Å². The predicted molar refractivity (Wildman–Crippen MR) is 131 cm³/mol. The first-order valence-corrected chi connectivity index (χ1v) is 12.0. The van der Waals surface area contributed by atoms with E-state index >= 15 is 0 Å². The van der Waals surface area contributed by atoms with E-state index in [0.29, 0.717) is 48.4 Å². The Morgan fingerprint density at radius 1 is 1.24 bits per heavy atom. The van der Waals surface area contributed by atoms with E-state index in [9.17, 15) is 14.0 Å². The molecule has 1 N–H and O–H groups in total. The number of piperidine rings is 1. The minimum atomic E-state index is -0.679. The zero-order valence-corrected chi connectivity index (χ0v) is 21.1. The first-order valence-electron chi connectivity index (χ1n) is 11.6. The Kier molecular flexibility index (Phi) is 6.36. The summed E-state index contributed by atoms with van der Waals surface area (Å²) in [6.07, 6.45) is 2.46. The first-order chi connectivity index (χ1) is 17.6. The van der Waals surface area contributed by atoms with Gasteiger partial charge in [0.2, 0.25) is 5.82 Å². The molecule has 0 bridgehead atoms. The van der Waals surface area contributed by atoms with E-state index in [1.165, 1.54) is 30.5 Å². The van der Waals surface area contributed by atoms with Gasteiger partial charge in [0.05, 0.1) is 11.9 Å². The SMILES string of the molecule is CC(C)(C)OC(=O)N1CCC(c2cc(=O)[nH]c3c(-c4nc(-c5ccc(OCl)c(F)c5)no4)cnn23)CC1. The lowest BCUT2D eigenvalue weighted by Crippen LogP contribution is -2.41. The van der Waals surface area contributed by atoms with E-state index < -0.39 is 11.4 Å². The normalized spacial score (nSPS) is 14.8. The number of ether oxygens (including phenoxy) is 1. The lowest BCUT2D eigenvalue weighted by Gasteiger charge is -2.33. The molecule has 4 aromatic rings. The highest BCUT2D eigenvalue weighted by Gasteiger charge is 2.29. The molecule has 1 amide bonds. The lowest BCUT2D eigenvalue weighted by molar-refractivity contribution is 0.0203. The molecule has 3 aromatic heterocycles. The smallest absolute Gasteiger partial charge is 0.410 e. The summed E-state index contributed by atoms with van der Waals surface area (Å²) in [4.78, 5) is 33.8. The van der Waals surface area contributed by atoms with Gasteiger partial charge in [-0.1, -0.05) is 5.16 Å². The third kappa shape index (κ3) is 5.01. The van der Waals surface area contributed by atoms with Gasteiger partial charge < -0.3 is 23.4 Å². The van der Waals surface area contributed by atoms with Gasteiger partial charge in [0, 0.05) is 30.6 Å². The van der Waals surface area contributed by atoms with Crippen molar-refractivity contribution in [1.29, 1.82) is 0 Å². The number of benzene rings is 1. The number of hydrogen-bond acceptors (Lipinski definition) is 8. The van der Waals surface area contributed by atoms with Crippen molar-refractivity contribution < 1.29 is 22.7 Å². The Labute approximate surface area is 215 Å². The number of carbonyl (C=O) groups is 1. The van der Waals surface area contributed by atoms with Gasteiger partial charge in [0.1, 0.15) is 28.7 Å². The minimum Gasteiger partial charge on any atom is -0.444 e. The van der Waals surface area contributed by atoms with Crippen LogP contribution in [0.5, 0.6) is 5.75 Å². The van der Waals surface area contributed by atoms with Crippen molar-refractivity contribution in [2.45, 2.75) is 45.1 Å². The standard InChI is InChI=1S/C24H24ClFN6O5/c1-24(2,3)35-23(34)31-8-6-13(7-9-31)17-11-19(33)28-21-15(12-27-32(17)21)22-29-20(30-37-22)14-4-5-18(36-25)16(26)10-14/h4-5,10-13H,6-9H2,1-3H3,(H,28,33). The average Bonchev–Trinajstić information content (AvgIpc) is 3.50. The largest absolute Gasteiger partial charge is 0.444 e. The number of nitrogens with zero attached hydrogens (tertiary/aromatic N) is 5. The van der Waals surface area contributed by atoms with Gasteiger partial charge in [-0.05, 0) is 51.8 Å². The van der Waals surface area contributed by atoms with E-state index in [1.54, 1.807) is 9.42 Å². The topological polar surface area (TPSA) is 128 Å². The number of aromatic nitrogens is 5. The van der Waals surface area contributed by atoms with Crippen LogP contribution in [-0.2, 0) is 4.74 Å². The van der Waals surface area contributed by atoms with Gasteiger partial charge in [-0.3, -0.25) is 4.79 Å². The number of H-pyrrole nitrogens is 1. The molecule has 194 valence electrons. The maximum atomic E-state index is 14.1. The monoisotopic (exact) mass is 530 g/mol. The maximum Gasteiger partial charge on any atom is 0.410 e. The Morgan fingerprint density at radius 3 is 2.68 bits per heavy atom. The van der Waals surface area contributed by atoms with Crippen molar-refractivity contribution in [3.63, 3.8) is 0 Å². The second kappa shape index (κ2) is 9.51. The third-order valence-electron chi connectivity index (χ3n) is 6.03. The van der Waals surface area contributed by atoms with Crippen molar-refractivity contribution in [3.8, 4) is 28.6 Å². The molecule has 37 heavy (non-hydrogen) atoms. The highest BCUT2D eigenvalue weighted by atomic mass is 35.5. The summed E-state index contributed by atoms with van der Waals surface area (Å²) < 4.78 is 31.0. The Bertz CT molecular complexity index is 1520. The zero-order chi connectivity index (χ0) is 26.3. The molecule has 1 saturated heterocycles. The molecular formula is C24H24ClFN6O5. The number of hydrogen-bond donors (Lipinski definition) is 1. The van der Waals surface area contributed by atoms with Crippen LogP contribution < -0.4 is 9.85 Å². The summed E-state index contributed by atoms with van der Waals surface area (Å²) in [5, 5.41) is 8.38. The summed E-state index contributed by atoms with van der Waals surface area (Å²) in [5.41, 5.74) is 1.01. The van der Waals surface area contributed by atoms with Crippen LogP contribution in [0.1, 0.15) is 45.2 Å². The van der Waals surface area contributed by atoms with E-state index in [2.05, 4.69) is 24.5 Å². The van der Waals surface area contributed by atoms with E-state index in [-0.39, 0.29) is 35.0 Å². The average molecular weight is 531 g/mol. The van der Waals surface area contributed by atoms with Crippen LogP contribution in [0.15, 0.2) is 39.8 Å². The summed E-state index contributed by atoms with van der Waals surface area (Å²) in [7, 11) is 0. The van der Waals surface area contributed by atoms with E-state index in [4.69, 9.17) is 21.1 Å². The Hall–Kier alpha value is -3.93. The van der Waals surface area contributed by atoms with Crippen LogP contribution in [0.2, 0.25) is 0 Å². The zero-order valence-electron chi connectivity index (χ0n) is 20.3. The molecule has 1 aromatic carbocycles. The molecule has 0 unspecified atom stereocenters. The van der Waals surface area contributed by atoms with E-state index in [0.717, 1.165) is 0 Å². The van der Waals surface area contributed by atoms with Crippen molar-refractivity contribution in [1.82, 2.24) is 29.6 Å². The fourth-order valence-electron chi connectivity index (χ4n) is 4.30. The Morgan fingerprint density at radius 2 is 2.00 bits per heavy atom. The molecule has 1 fully saturated rings. The molecule has 0 spiro atoms. The third-order valence-corrected chi connectivity index (χ3v) is 6.20. The van der Waals surface area contributed by atoms with Gasteiger partial charge in [0.15, 0.2) is 11.6 Å². The number of likely N-dealkylation sites (tertiary alicyclic amines) is 1. The number of aromatic amines is 1. The van der Waals surface area contributed by atoms with E-state index in [1.807, 2.05) is 20.8 Å². The van der Waals surface area contributed by atoms with Gasteiger partial charge >= 0.3 is 6.09 Å². The molecule has 13 heteroatoms. The van der Waals surface area contributed by atoms with Crippen LogP contribution in [0.4, 0.5) is 9.18 Å². The summed E-state index contributed by atoms with van der Waals surface area (Å²) in [6.45, 7) is 6.49. The van der Waals surface area contributed by atoms with Gasteiger partial charge in [-0.2, -0.15) is 10.1 Å². The van der Waals surface area contributed by atoms with Crippen LogP contribution in [0.25, 0.3) is 28.5 Å². The van der Waals surface area contributed by atoms with Crippen molar-refractivity contribution in [2.75, 3.05) is 13.1 Å². The highest BCUT2D eigenvalue weighted by Crippen LogP contribution is 2.31. The number of halogens is 2. The Balaban J connectivity index is 1.40. The fraction of sp³-hybridized carbons (Fsp3) is 0.375. The molecule has 0 atom stereocenters. The molecule has 5 rings (SSSR count). The molecule has 0 radical (unpaired) electrons. The molecular weight excluding hydrogens is 507 g/mol. The number of carbonyl (C=O) groups excluding carboxylic acids is 1. The summed E-state index contributed by atoms with van der Waals surface area (Å²) >= 11 is 5.23. The quantitative estimate of drug-likeness (QED) is 0.407. The molecule has 11 nitrogen and oxygen atoms in total. The molecule has 4 heterocycles. The van der Waals surface area contributed by atoms with Gasteiger partial charge in [-0.25, -0.2) is 13.7 Å². The maximum absolute atomic E-state index is 14.1. The van der Waals surface area contributed by atoms with Crippen molar-refractivity contribution in [2.24, 2.45) is 0 Å². The van der Waals surface area contributed by atoms with Crippen molar-refractivity contribution in [3.05, 3.63) is 52.3 Å².